The molecule has 0 saturated heterocycles. The number of hydrogen-bond donors (Lipinski definition) is 0. The van der Waals surface area contributed by atoms with E-state index in [0.717, 1.165) is 25.7 Å². The molecular formula is C10H14O2. The maximum absolute atomic E-state index is 10.7. The minimum absolute atomic E-state index is 0.0797. The van der Waals surface area contributed by atoms with E-state index in [1.165, 1.54) is 12.8 Å². The molecule has 0 aliphatic heterocycles. The van der Waals surface area contributed by atoms with Gasteiger partial charge < -0.3 is 4.74 Å². The Kier molecular flexibility index (Phi) is 3.66. The van der Waals surface area contributed by atoms with Gasteiger partial charge in [0, 0.05) is 5.92 Å². The molecule has 1 saturated carbocycles. The molecule has 1 fully saturated rings. The van der Waals surface area contributed by atoms with E-state index < -0.39 is 5.97 Å². The summed E-state index contributed by atoms with van der Waals surface area (Å²) in [5.41, 5.74) is 0. The lowest BCUT2D eigenvalue weighted by molar-refractivity contribution is -0.142. The third-order valence-electron chi connectivity index (χ3n) is 2.19. The van der Waals surface area contributed by atoms with Crippen molar-refractivity contribution < 1.29 is 9.53 Å². The summed E-state index contributed by atoms with van der Waals surface area (Å²) in [6.45, 7) is 0. The molecule has 0 atom stereocenters. The number of ether oxygens (including phenoxy) is 1. The molecule has 66 valence electrons. The van der Waals surface area contributed by atoms with Crippen molar-refractivity contribution in [3.63, 3.8) is 0 Å². The molecule has 1 aliphatic carbocycles. The summed E-state index contributed by atoms with van der Waals surface area (Å²) in [5.74, 6) is 1.46. The third-order valence-corrected chi connectivity index (χ3v) is 2.19. The SMILES string of the molecule is C#CC(=O)OC1CCCCCC1. The highest BCUT2D eigenvalue weighted by molar-refractivity contribution is 5.87. The zero-order valence-corrected chi connectivity index (χ0v) is 7.21. The average Bonchev–Trinajstić information content (AvgIpc) is 2.33. The number of terminal acetylenes is 1. The van der Waals surface area contributed by atoms with Gasteiger partial charge in [0.15, 0.2) is 0 Å². The molecule has 2 nitrogen and oxygen atoms in total. The Labute approximate surface area is 73.3 Å². The van der Waals surface area contributed by atoms with Gasteiger partial charge in [0.2, 0.25) is 0 Å². The fourth-order valence-corrected chi connectivity index (χ4v) is 1.55. The number of esters is 1. The first-order valence-corrected chi connectivity index (χ1v) is 4.50. The number of hydrogen-bond acceptors (Lipinski definition) is 2. The highest BCUT2D eigenvalue weighted by Gasteiger charge is 2.14. The Hall–Kier alpha value is -0.970. The van der Waals surface area contributed by atoms with Gasteiger partial charge in [-0.1, -0.05) is 12.8 Å². The van der Waals surface area contributed by atoms with Gasteiger partial charge >= 0.3 is 5.97 Å². The lowest BCUT2D eigenvalue weighted by atomic mass is 10.1. The van der Waals surface area contributed by atoms with Crippen molar-refractivity contribution in [1.82, 2.24) is 0 Å². The van der Waals surface area contributed by atoms with Gasteiger partial charge in [-0.2, -0.15) is 0 Å². The third kappa shape index (κ3) is 2.96. The Morgan fingerprint density at radius 1 is 1.25 bits per heavy atom. The predicted octanol–water partition coefficient (Wildman–Crippen LogP) is 1.89. The normalized spacial score (nSPS) is 19.2. The molecular weight excluding hydrogens is 152 g/mol. The summed E-state index contributed by atoms with van der Waals surface area (Å²) in [5, 5.41) is 0. The molecule has 1 rings (SSSR count). The van der Waals surface area contributed by atoms with Crippen LogP contribution in [0.15, 0.2) is 0 Å². The average molecular weight is 166 g/mol. The zero-order chi connectivity index (χ0) is 8.81. The predicted molar refractivity (Wildman–Crippen MR) is 46.4 cm³/mol. The second-order valence-electron chi connectivity index (χ2n) is 3.16. The van der Waals surface area contributed by atoms with Crippen LogP contribution in [0.1, 0.15) is 38.5 Å². The second-order valence-corrected chi connectivity index (χ2v) is 3.16. The molecule has 1 aliphatic rings. The monoisotopic (exact) mass is 166 g/mol. The van der Waals surface area contributed by atoms with Crippen molar-refractivity contribution in [1.29, 1.82) is 0 Å². The molecule has 0 N–H and O–H groups in total. The first-order valence-electron chi connectivity index (χ1n) is 4.50. The van der Waals surface area contributed by atoms with E-state index >= 15 is 0 Å². The van der Waals surface area contributed by atoms with Crippen LogP contribution < -0.4 is 0 Å². The number of carbonyl (C=O) groups excluding carboxylic acids is 1. The summed E-state index contributed by atoms with van der Waals surface area (Å²) in [6, 6.07) is 0. The molecule has 0 radical (unpaired) electrons. The number of carbonyl (C=O) groups is 1. The standard InChI is InChI=1S/C10H14O2/c1-2-10(11)12-9-7-5-3-4-6-8-9/h1,9H,3-8H2. The molecule has 0 amide bonds. The van der Waals surface area contributed by atoms with Gasteiger partial charge in [0.1, 0.15) is 6.10 Å². The summed E-state index contributed by atoms with van der Waals surface area (Å²) < 4.78 is 5.05. The minimum Gasteiger partial charge on any atom is -0.453 e. The van der Waals surface area contributed by atoms with E-state index in [2.05, 4.69) is 0 Å². The van der Waals surface area contributed by atoms with Crippen molar-refractivity contribution in [3.05, 3.63) is 0 Å². The van der Waals surface area contributed by atoms with Gasteiger partial charge in [-0.3, -0.25) is 0 Å². The molecule has 2 heteroatoms. The van der Waals surface area contributed by atoms with E-state index in [9.17, 15) is 4.79 Å². The van der Waals surface area contributed by atoms with Crippen molar-refractivity contribution in [3.8, 4) is 12.3 Å². The Morgan fingerprint density at radius 3 is 2.33 bits per heavy atom. The Bertz CT molecular complexity index is 183. The quantitative estimate of drug-likeness (QED) is 0.257. The maximum atomic E-state index is 10.7. The largest absolute Gasteiger partial charge is 0.453 e. The minimum atomic E-state index is -0.512. The Balaban J connectivity index is 2.30. The van der Waals surface area contributed by atoms with E-state index in [1.54, 1.807) is 0 Å². The van der Waals surface area contributed by atoms with Gasteiger partial charge in [0.05, 0.1) is 0 Å². The molecule has 0 unspecified atom stereocenters. The fourth-order valence-electron chi connectivity index (χ4n) is 1.55. The molecule has 0 aromatic heterocycles. The summed E-state index contributed by atoms with van der Waals surface area (Å²) in [6.07, 6.45) is 11.8. The topological polar surface area (TPSA) is 26.3 Å². The highest BCUT2D eigenvalue weighted by atomic mass is 16.5. The van der Waals surface area contributed by atoms with Crippen LogP contribution in [0.4, 0.5) is 0 Å². The van der Waals surface area contributed by atoms with Crippen molar-refractivity contribution >= 4 is 5.97 Å². The maximum Gasteiger partial charge on any atom is 0.384 e. The first kappa shape index (κ1) is 9.12. The van der Waals surface area contributed by atoms with Gasteiger partial charge in [-0.15, -0.1) is 6.42 Å². The molecule has 0 bridgehead atoms. The molecule has 0 spiro atoms. The zero-order valence-electron chi connectivity index (χ0n) is 7.21. The molecule has 0 aromatic carbocycles. The Morgan fingerprint density at radius 2 is 1.83 bits per heavy atom. The van der Waals surface area contributed by atoms with Crippen molar-refractivity contribution in [2.75, 3.05) is 0 Å². The second kappa shape index (κ2) is 4.82. The lowest BCUT2D eigenvalue weighted by Gasteiger charge is -2.12. The van der Waals surface area contributed by atoms with Gasteiger partial charge in [-0.05, 0) is 25.7 Å². The van der Waals surface area contributed by atoms with Crippen LogP contribution >= 0.6 is 0 Å². The molecule has 0 aromatic rings. The van der Waals surface area contributed by atoms with Crippen LogP contribution in [0, 0.1) is 12.3 Å². The lowest BCUT2D eigenvalue weighted by Crippen LogP contribution is -2.15. The van der Waals surface area contributed by atoms with E-state index in [0.29, 0.717) is 0 Å². The highest BCUT2D eigenvalue weighted by Crippen LogP contribution is 2.19. The van der Waals surface area contributed by atoms with Crippen molar-refractivity contribution in [2.45, 2.75) is 44.6 Å². The summed E-state index contributed by atoms with van der Waals surface area (Å²) in [7, 11) is 0. The first-order chi connectivity index (χ1) is 5.83. The molecule has 12 heavy (non-hydrogen) atoms. The van der Waals surface area contributed by atoms with Crippen LogP contribution in [0.2, 0.25) is 0 Å². The van der Waals surface area contributed by atoms with E-state index in [4.69, 9.17) is 11.2 Å². The molecule has 0 heterocycles. The van der Waals surface area contributed by atoms with E-state index in [-0.39, 0.29) is 6.10 Å². The smallest absolute Gasteiger partial charge is 0.384 e. The van der Waals surface area contributed by atoms with Crippen molar-refractivity contribution in [2.24, 2.45) is 0 Å². The summed E-state index contributed by atoms with van der Waals surface area (Å²) in [4.78, 5) is 10.7. The van der Waals surface area contributed by atoms with Gasteiger partial charge in [0.25, 0.3) is 0 Å². The van der Waals surface area contributed by atoms with E-state index in [1.807, 2.05) is 5.92 Å². The van der Waals surface area contributed by atoms with Crippen LogP contribution in [-0.2, 0) is 9.53 Å². The fraction of sp³-hybridized carbons (Fsp3) is 0.700. The summed E-state index contributed by atoms with van der Waals surface area (Å²) >= 11 is 0. The van der Waals surface area contributed by atoms with Crippen LogP contribution in [0.25, 0.3) is 0 Å². The van der Waals surface area contributed by atoms with Crippen LogP contribution in [0.5, 0.6) is 0 Å². The van der Waals surface area contributed by atoms with Crippen LogP contribution in [-0.4, -0.2) is 12.1 Å². The van der Waals surface area contributed by atoms with Crippen LogP contribution in [0.3, 0.4) is 0 Å². The van der Waals surface area contributed by atoms with Gasteiger partial charge in [-0.25, -0.2) is 4.79 Å². The number of rotatable bonds is 1.